The average molecular weight is 394 g/mol. The topological polar surface area (TPSA) is 46.1 Å². The zero-order chi connectivity index (χ0) is 18.8. The van der Waals surface area contributed by atoms with Crippen molar-refractivity contribution < 1.29 is 4.79 Å². The van der Waals surface area contributed by atoms with Crippen LogP contribution in [-0.4, -0.2) is 15.9 Å². The van der Waals surface area contributed by atoms with Crippen LogP contribution in [0.15, 0.2) is 54.2 Å². The molecule has 0 N–H and O–H groups in total. The number of rotatable bonds is 5. The number of carbonyl (C=O) groups is 1. The maximum Gasteiger partial charge on any atom is 0.234 e. The van der Waals surface area contributed by atoms with Gasteiger partial charge in [0.1, 0.15) is 0 Å². The molecule has 1 aromatic carbocycles. The first kappa shape index (κ1) is 17.8. The molecule has 0 aliphatic carbocycles. The molecule has 4 nitrogen and oxygen atoms in total. The molecule has 4 aromatic rings. The van der Waals surface area contributed by atoms with E-state index in [9.17, 15) is 4.79 Å². The highest BCUT2D eigenvalue weighted by Crippen LogP contribution is 2.34. The Hall–Kier alpha value is -2.57. The van der Waals surface area contributed by atoms with Crippen molar-refractivity contribution in [3.63, 3.8) is 0 Å². The molecule has 0 fully saturated rings. The molecule has 4 rings (SSSR count). The van der Waals surface area contributed by atoms with Gasteiger partial charge in [-0.1, -0.05) is 35.6 Å². The van der Waals surface area contributed by atoms with E-state index in [0.717, 1.165) is 31.4 Å². The van der Waals surface area contributed by atoms with Crippen molar-refractivity contribution in [1.29, 1.82) is 0 Å². The third-order valence-corrected chi connectivity index (χ3v) is 6.52. The van der Waals surface area contributed by atoms with Crippen LogP contribution in [0.25, 0.3) is 10.2 Å². The highest BCUT2D eigenvalue weighted by molar-refractivity contribution is 7.22. The zero-order valence-electron chi connectivity index (χ0n) is 15.2. The predicted octanol–water partition coefficient (Wildman–Crippen LogP) is 5.15. The summed E-state index contributed by atoms with van der Waals surface area (Å²) in [4.78, 5) is 25.0. The molecule has 0 atom stereocenters. The van der Waals surface area contributed by atoms with Gasteiger partial charge in [0.25, 0.3) is 0 Å². The molecule has 0 aliphatic rings. The van der Waals surface area contributed by atoms with Gasteiger partial charge in [0.15, 0.2) is 5.13 Å². The van der Waals surface area contributed by atoms with Gasteiger partial charge in [-0.25, -0.2) is 4.98 Å². The number of nitrogens with zero attached hydrogens (tertiary/aromatic N) is 3. The van der Waals surface area contributed by atoms with E-state index < -0.39 is 0 Å². The normalized spacial score (nSPS) is 11.0. The predicted molar refractivity (Wildman–Crippen MR) is 113 cm³/mol. The quantitative estimate of drug-likeness (QED) is 0.471. The van der Waals surface area contributed by atoms with Crippen LogP contribution in [0, 0.1) is 13.8 Å². The number of pyridine rings is 1. The fraction of sp³-hybridized carbons (Fsp3) is 0.190. The molecule has 27 heavy (non-hydrogen) atoms. The monoisotopic (exact) mass is 393 g/mol. The first-order valence-electron chi connectivity index (χ1n) is 8.70. The van der Waals surface area contributed by atoms with Gasteiger partial charge in [-0.2, -0.15) is 0 Å². The summed E-state index contributed by atoms with van der Waals surface area (Å²) >= 11 is 3.19. The van der Waals surface area contributed by atoms with Gasteiger partial charge < -0.3 is 0 Å². The van der Waals surface area contributed by atoms with Crippen molar-refractivity contribution >= 4 is 43.9 Å². The highest BCUT2D eigenvalue weighted by Gasteiger charge is 2.22. The van der Waals surface area contributed by atoms with Crippen LogP contribution in [0.4, 0.5) is 5.13 Å². The van der Waals surface area contributed by atoms with Crippen LogP contribution in [-0.2, 0) is 17.8 Å². The second kappa shape index (κ2) is 7.58. The standard InChI is InChI=1S/C21H19N3OS2/c1-14-7-8-15(2)20-19(14)23-21(27-20)24(13-16-5-3-9-22-12-16)18(25)11-17-6-4-10-26-17/h3-10,12H,11,13H2,1-2H3. The van der Waals surface area contributed by atoms with Crippen LogP contribution in [0.1, 0.15) is 21.6 Å². The maximum absolute atomic E-state index is 13.1. The number of carbonyl (C=O) groups excluding carboxylic acids is 1. The lowest BCUT2D eigenvalue weighted by Crippen LogP contribution is -2.31. The maximum atomic E-state index is 13.1. The van der Waals surface area contributed by atoms with Crippen LogP contribution in [0.3, 0.4) is 0 Å². The van der Waals surface area contributed by atoms with Gasteiger partial charge in [0, 0.05) is 17.3 Å². The summed E-state index contributed by atoms with van der Waals surface area (Å²) in [5.74, 6) is 0.0515. The lowest BCUT2D eigenvalue weighted by Gasteiger charge is -2.19. The van der Waals surface area contributed by atoms with Crippen molar-refractivity contribution in [2.45, 2.75) is 26.8 Å². The molecule has 3 aromatic heterocycles. The van der Waals surface area contributed by atoms with Gasteiger partial charge in [0.2, 0.25) is 5.91 Å². The Morgan fingerprint density at radius 1 is 1.11 bits per heavy atom. The lowest BCUT2D eigenvalue weighted by molar-refractivity contribution is -0.118. The van der Waals surface area contributed by atoms with E-state index in [2.05, 4.69) is 31.0 Å². The molecule has 0 saturated carbocycles. The molecule has 1 amide bonds. The highest BCUT2D eigenvalue weighted by atomic mass is 32.1. The fourth-order valence-corrected chi connectivity index (χ4v) is 4.78. The first-order valence-corrected chi connectivity index (χ1v) is 10.4. The Balaban J connectivity index is 1.74. The number of hydrogen-bond acceptors (Lipinski definition) is 5. The second-order valence-corrected chi connectivity index (χ2v) is 8.48. The Morgan fingerprint density at radius 3 is 2.67 bits per heavy atom. The first-order chi connectivity index (χ1) is 13.1. The summed E-state index contributed by atoms with van der Waals surface area (Å²) in [6, 6.07) is 12.0. The van der Waals surface area contributed by atoms with Crippen molar-refractivity contribution in [3.05, 3.63) is 75.7 Å². The van der Waals surface area contributed by atoms with Gasteiger partial charge in [-0.05, 0) is 48.1 Å². The van der Waals surface area contributed by atoms with E-state index in [1.165, 1.54) is 5.56 Å². The summed E-state index contributed by atoms with van der Waals surface area (Å²) in [7, 11) is 0. The molecule has 0 bridgehead atoms. The smallest absolute Gasteiger partial charge is 0.234 e. The lowest BCUT2D eigenvalue weighted by atomic mass is 10.1. The molecular weight excluding hydrogens is 374 g/mol. The van der Waals surface area contributed by atoms with Crippen molar-refractivity contribution in [3.8, 4) is 0 Å². The minimum Gasteiger partial charge on any atom is -0.283 e. The Labute approximate surface area is 166 Å². The largest absolute Gasteiger partial charge is 0.283 e. The molecule has 3 heterocycles. The number of hydrogen-bond donors (Lipinski definition) is 0. The van der Waals surface area contributed by atoms with E-state index in [4.69, 9.17) is 4.98 Å². The summed E-state index contributed by atoms with van der Waals surface area (Å²) < 4.78 is 1.14. The molecule has 0 radical (unpaired) electrons. The number of thiazole rings is 1. The van der Waals surface area contributed by atoms with Crippen molar-refractivity contribution in [2.75, 3.05) is 4.90 Å². The summed E-state index contributed by atoms with van der Waals surface area (Å²) in [6.45, 7) is 4.61. The average Bonchev–Trinajstić information content (AvgIpc) is 3.34. The minimum atomic E-state index is 0.0515. The van der Waals surface area contributed by atoms with Crippen LogP contribution < -0.4 is 4.90 Å². The molecule has 0 unspecified atom stereocenters. The number of aryl methyl sites for hydroxylation is 2. The van der Waals surface area contributed by atoms with Gasteiger partial charge in [0.05, 0.1) is 23.2 Å². The number of aromatic nitrogens is 2. The number of benzene rings is 1. The van der Waals surface area contributed by atoms with E-state index >= 15 is 0 Å². The summed E-state index contributed by atoms with van der Waals surface area (Å²) in [5.41, 5.74) is 4.29. The van der Waals surface area contributed by atoms with E-state index in [1.54, 1.807) is 40.0 Å². The molecule has 0 aliphatic heterocycles. The molecule has 0 spiro atoms. The molecule has 136 valence electrons. The number of anilines is 1. The number of fused-ring (bicyclic) bond motifs is 1. The molecular formula is C21H19N3OS2. The van der Waals surface area contributed by atoms with Crippen LogP contribution >= 0.6 is 22.7 Å². The van der Waals surface area contributed by atoms with Crippen LogP contribution in [0.2, 0.25) is 0 Å². The SMILES string of the molecule is Cc1ccc(C)c2sc(N(Cc3cccnc3)C(=O)Cc3cccs3)nc12. The Kier molecular flexibility index (Phi) is 5.01. The van der Waals surface area contributed by atoms with E-state index in [-0.39, 0.29) is 5.91 Å². The summed E-state index contributed by atoms with van der Waals surface area (Å²) in [6.07, 6.45) is 3.92. The molecule has 6 heteroatoms. The van der Waals surface area contributed by atoms with Crippen molar-refractivity contribution in [1.82, 2.24) is 9.97 Å². The second-order valence-electron chi connectivity index (χ2n) is 6.47. The number of amides is 1. The Morgan fingerprint density at radius 2 is 1.96 bits per heavy atom. The molecule has 0 saturated heterocycles. The van der Waals surface area contributed by atoms with Crippen molar-refractivity contribution in [2.24, 2.45) is 0 Å². The van der Waals surface area contributed by atoms with E-state index in [1.807, 2.05) is 29.6 Å². The van der Waals surface area contributed by atoms with Gasteiger partial charge >= 0.3 is 0 Å². The summed E-state index contributed by atoms with van der Waals surface area (Å²) in [5, 5.41) is 2.74. The van der Waals surface area contributed by atoms with Gasteiger partial charge in [-0.15, -0.1) is 11.3 Å². The fourth-order valence-electron chi connectivity index (χ4n) is 2.96. The minimum absolute atomic E-state index is 0.0515. The van der Waals surface area contributed by atoms with Crippen LogP contribution in [0.5, 0.6) is 0 Å². The number of thiophene rings is 1. The third-order valence-electron chi connectivity index (χ3n) is 4.43. The zero-order valence-corrected chi connectivity index (χ0v) is 16.8. The third kappa shape index (κ3) is 3.77. The Bertz CT molecular complexity index is 1030. The van der Waals surface area contributed by atoms with E-state index in [0.29, 0.717) is 13.0 Å². The van der Waals surface area contributed by atoms with Gasteiger partial charge in [-0.3, -0.25) is 14.7 Å².